The summed E-state index contributed by atoms with van der Waals surface area (Å²) in [6, 6.07) is 0. The molecule has 0 saturated heterocycles. The average molecular weight is 96.2 g/mol. The van der Waals surface area contributed by atoms with Gasteiger partial charge in [-0.25, -0.2) is 0 Å². The predicted octanol–water partition coefficient (Wildman–Crippen LogP) is 1.81. The first kappa shape index (κ1) is 6.41. The summed E-state index contributed by atoms with van der Waals surface area (Å²) in [5, 5.41) is 0. The van der Waals surface area contributed by atoms with Gasteiger partial charge in [0.05, 0.1) is 7.05 Å². The molecule has 1 radical (unpaired) electrons. The van der Waals surface area contributed by atoms with Crippen molar-refractivity contribution in [3.63, 3.8) is 0 Å². The summed E-state index contributed by atoms with van der Waals surface area (Å²) in [5.41, 5.74) is 0.961. The van der Waals surface area contributed by atoms with Crippen LogP contribution in [0.5, 0.6) is 0 Å². The standard InChI is InChI=1S/C6H10N/c1-4-5-6(2)7-3/h4-5H,3H2,1-2H3/b5-4+,7-6?. The lowest BCUT2D eigenvalue weighted by Crippen LogP contribution is -1.78. The van der Waals surface area contributed by atoms with E-state index in [2.05, 4.69) is 12.0 Å². The Balaban J connectivity index is 3.58. The number of allylic oxidation sites excluding steroid dienone is 2. The van der Waals surface area contributed by atoms with Crippen molar-refractivity contribution in [1.82, 2.24) is 0 Å². The minimum Gasteiger partial charge on any atom is -0.288 e. The third-order valence-corrected chi connectivity index (χ3v) is 0.657. The molecule has 0 aliphatic heterocycles. The van der Waals surface area contributed by atoms with Crippen LogP contribution >= 0.6 is 0 Å². The van der Waals surface area contributed by atoms with Crippen molar-refractivity contribution in [2.45, 2.75) is 13.8 Å². The minimum atomic E-state index is 0.961. The molecule has 0 rings (SSSR count). The lowest BCUT2D eigenvalue weighted by atomic mass is 10.4. The molecule has 0 N–H and O–H groups in total. The van der Waals surface area contributed by atoms with Gasteiger partial charge in [0.25, 0.3) is 0 Å². The Morgan fingerprint density at radius 2 is 2.29 bits per heavy atom. The first-order valence-electron chi connectivity index (χ1n) is 2.24. The van der Waals surface area contributed by atoms with Crippen LogP contribution in [0.2, 0.25) is 0 Å². The lowest BCUT2D eigenvalue weighted by molar-refractivity contribution is 1.55. The minimum absolute atomic E-state index is 0.961. The van der Waals surface area contributed by atoms with Gasteiger partial charge in [-0.2, -0.15) is 0 Å². The molecule has 1 heteroatoms. The Bertz CT molecular complexity index is 90.4. The molecule has 0 aromatic heterocycles. The van der Waals surface area contributed by atoms with E-state index in [1.807, 2.05) is 26.0 Å². The van der Waals surface area contributed by atoms with Crippen molar-refractivity contribution < 1.29 is 0 Å². The Kier molecular flexibility index (Phi) is 3.29. The molecule has 0 aliphatic rings. The van der Waals surface area contributed by atoms with Crippen LogP contribution in [0.4, 0.5) is 0 Å². The van der Waals surface area contributed by atoms with Crippen LogP contribution in [0.3, 0.4) is 0 Å². The van der Waals surface area contributed by atoms with E-state index in [9.17, 15) is 0 Å². The Morgan fingerprint density at radius 1 is 1.71 bits per heavy atom. The highest BCUT2D eigenvalue weighted by Gasteiger charge is 1.71. The van der Waals surface area contributed by atoms with Gasteiger partial charge in [0.15, 0.2) is 0 Å². The fraction of sp³-hybridized carbons (Fsp3) is 0.333. The molecule has 39 valence electrons. The summed E-state index contributed by atoms with van der Waals surface area (Å²) in [4.78, 5) is 3.66. The van der Waals surface area contributed by atoms with Crippen LogP contribution in [0.15, 0.2) is 17.1 Å². The van der Waals surface area contributed by atoms with Gasteiger partial charge in [0.2, 0.25) is 0 Å². The maximum atomic E-state index is 3.66. The predicted molar refractivity (Wildman–Crippen MR) is 33.3 cm³/mol. The molecule has 7 heavy (non-hydrogen) atoms. The summed E-state index contributed by atoms with van der Waals surface area (Å²) < 4.78 is 0. The maximum Gasteiger partial charge on any atom is 0.0588 e. The van der Waals surface area contributed by atoms with Gasteiger partial charge in [-0.15, -0.1) is 0 Å². The highest BCUT2D eigenvalue weighted by atomic mass is 14.7. The van der Waals surface area contributed by atoms with Gasteiger partial charge in [-0.05, 0) is 19.9 Å². The van der Waals surface area contributed by atoms with Crippen molar-refractivity contribution in [3.8, 4) is 0 Å². The first-order chi connectivity index (χ1) is 3.31. The molecule has 0 aliphatic carbocycles. The molecule has 0 atom stereocenters. The van der Waals surface area contributed by atoms with Crippen LogP contribution in [0.1, 0.15) is 13.8 Å². The van der Waals surface area contributed by atoms with E-state index < -0.39 is 0 Å². The molecule has 0 aromatic rings. The van der Waals surface area contributed by atoms with Crippen LogP contribution in [0, 0.1) is 7.05 Å². The number of hydrogen-bond donors (Lipinski definition) is 0. The largest absolute Gasteiger partial charge is 0.288 e. The molecule has 0 fully saturated rings. The average Bonchev–Trinajstić information content (AvgIpc) is 1.68. The molecule has 0 aromatic carbocycles. The topological polar surface area (TPSA) is 12.4 Å². The summed E-state index contributed by atoms with van der Waals surface area (Å²) in [7, 11) is 3.34. The lowest BCUT2D eigenvalue weighted by Gasteiger charge is -1.80. The zero-order chi connectivity index (χ0) is 5.70. The Labute approximate surface area is 44.8 Å². The third kappa shape index (κ3) is 3.23. The van der Waals surface area contributed by atoms with E-state index in [0.717, 1.165) is 5.71 Å². The van der Waals surface area contributed by atoms with Crippen LogP contribution in [-0.4, -0.2) is 5.71 Å². The molecule has 1 nitrogen and oxygen atoms in total. The highest BCUT2D eigenvalue weighted by Crippen LogP contribution is 1.76. The van der Waals surface area contributed by atoms with Gasteiger partial charge < -0.3 is 0 Å². The van der Waals surface area contributed by atoms with Gasteiger partial charge in [-0.3, -0.25) is 4.99 Å². The summed E-state index contributed by atoms with van der Waals surface area (Å²) in [6.45, 7) is 3.86. The molecular weight excluding hydrogens is 86.1 g/mol. The van der Waals surface area contributed by atoms with Crippen molar-refractivity contribution in [1.29, 1.82) is 0 Å². The van der Waals surface area contributed by atoms with Crippen molar-refractivity contribution >= 4 is 5.71 Å². The number of nitrogens with zero attached hydrogens (tertiary/aromatic N) is 1. The van der Waals surface area contributed by atoms with E-state index in [4.69, 9.17) is 0 Å². The smallest absolute Gasteiger partial charge is 0.0588 e. The molecule has 0 bridgehead atoms. The Morgan fingerprint density at radius 3 is 2.43 bits per heavy atom. The molecule has 0 amide bonds. The maximum absolute atomic E-state index is 3.66. The normalized spacial score (nSPS) is 13.3. The molecule has 0 saturated carbocycles. The second-order valence-corrected chi connectivity index (χ2v) is 1.30. The fourth-order valence-electron chi connectivity index (χ4n) is 0.294. The summed E-state index contributed by atoms with van der Waals surface area (Å²) in [5.74, 6) is 0. The van der Waals surface area contributed by atoms with E-state index in [0.29, 0.717) is 0 Å². The summed E-state index contributed by atoms with van der Waals surface area (Å²) in [6.07, 6.45) is 3.84. The molecule has 0 spiro atoms. The van der Waals surface area contributed by atoms with Gasteiger partial charge >= 0.3 is 0 Å². The van der Waals surface area contributed by atoms with Crippen molar-refractivity contribution in [2.75, 3.05) is 0 Å². The number of aliphatic imine (C=N–C) groups is 1. The first-order valence-corrected chi connectivity index (χ1v) is 2.24. The quantitative estimate of drug-likeness (QED) is 0.441. The van der Waals surface area contributed by atoms with E-state index in [-0.39, 0.29) is 0 Å². The van der Waals surface area contributed by atoms with Crippen LogP contribution < -0.4 is 0 Å². The van der Waals surface area contributed by atoms with E-state index in [1.165, 1.54) is 0 Å². The number of rotatable bonds is 1. The number of hydrogen-bond acceptors (Lipinski definition) is 1. The fourth-order valence-corrected chi connectivity index (χ4v) is 0.294. The van der Waals surface area contributed by atoms with E-state index in [1.54, 1.807) is 0 Å². The second kappa shape index (κ2) is 3.59. The van der Waals surface area contributed by atoms with Crippen molar-refractivity contribution in [2.24, 2.45) is 4.99 Å². The summed E-state index contributed by atoms with van der Waals surface area (Å²) >= 11 is 0. The van der Waals surface area contributed by atoms with Gasteiger partial charge in [0, 0.05) is 5.71 Å². The van der Waals surface area contributed by atoms with Crippen LogP contribution in [-0.2, 0) is 0 Å². The zero-order valence-corrected chi connectivity index (χ0v) is 4.81. The van der Waals surface area contributed by atoms with Crippen molar-refractivity contribution in [3.05, 3.63) is 19.2 Å². The third-order valence-electron chi connectivity index (χ3n) is 0.657. The Hall–Kier alpha value is -0.590. The zero-order valence-electron chi connectivity index (χ0n) is 4.81. The van der Waals surface area contributed by atoms with Gasteiger partial charge in [-0.1, -0.05) is 6.08 Å². The highest BCUT2D eigenvalue weighted by molar-refractivity contribution is 5.92. The second-order valence-electron chi connectivity index (χ2n) is 1.30. The monoisotopic (exact) mass is 96.1 g/mol. The SMILES string of the molecule is [CH2]N=C(C)/C=C/C. The van der Waals surface area contributed by atoms with Gasteiger partial charge in [0.1, 0.15) is 0 Å². The van der Waals surface area contributed by atoms with Crippen LogP contribution in [0.25, 0.3) is 0 Å². The van der Waals surface area contributed by atoms with E-state index >= 15 is 0 Å². The molecule has 0 unspecified atom stereocenters. The molecule has 0 heterocycles. The molecular formula is C6H10N.